The van der Waals surface area contributed by atoms with Crippen molar-refractivity contribution in [2.75, 3.05) is 0 Å². The number of aldehydes is 1. The maximum atomic E-state index is 11.4. The van der Waals surface area contributed by atoms with Gasteiger partial charge in [0, 0.05) is 17.0 Å². The predicted molar refractivity (Wildman–Crippen MR) is 69.5 cm³/mol. The predicted octanol–water partition coefficient (Wildman–Crippen LogP) is 2.21. The van der Waals surface area contributed by atoms with E-state index in [9.17, 15) is 9.59 Å². The van der Waals surface area contributed by atoms with Crippen molar-refractivity contribution in [1.29, 1.82) is 0 Å². The number of carbonyl (C=O) groups excluding carboxylic acids is 1. The van der Waals surface area contributed by atoms with Crippen LogP contribution in [0.5, 0.6) is 0 Å². The highest BCUT2D eigenvalue weighted by atomic mass is 35.5. The Hall–Kier alpha value is -1.53. The second kappa shape index (κ2) is 5.41. The summed E-state index contributed by atoms with van der Waals surface area (Å²) in [6.45, 7) is 2.36. The molecule has 94 valence electrons. The van der Waals surface area contributed by atoms with E-state index in [1.165, 1.54) is 16.3 Å². The molecule has 0 aliphatic carbocycles. The number of carbonyl (C=O) groups is 1. The molecule has 7 heteroatoms. The van der Waals surface area contributed by atoms with E-state index in [0.29, 0.717) is 33.5 Å². The third kappa shape index (κ3) is 2.34. The van der Waals surface area contributed by atoms with Crippen LogP contribution in [0.15, 0.2) is 33.0 Å². The molecule has 2 aromatic rings. The molecule has 1 heterocycles. The minimum Gasteiger partial charge on any atom is -0.298 e. The van der Waals surface area contributed by atoms with Gasteiger partial charge in [-0.2, -0.15) is 0 Å². The van der Waals surface area contributed by atoms with Gasteiger partial charge < -0.3 is 0 Å². The molecule has 5 nitrogen and oxygen atoms in total. The van der Waals surface area contributed by atoms with Crippen LogP contribution in [0.1, 0.15) is 17.3 Å². The Labute approximate surface area is 112 Å². The van der Waals surface area contributed by atoms with Crippen LogP contribution in [-0.2, 0) is 6.54 Å². The van der Waals surface area contributed by atoms with E-state index in [4.69, 9.17) is 11.6 Å². The van der Waals surface area contributed by atoms with Gasteiger partial charge in [0.2, 0.25) is 0 Å². The first kappa shape index (κ1) is 12.9. The van der Waals surface area contributed by atoms with Crippen molar-refractivity contribution < 1.29 is 4.79 Å². The molecule has 0 amide bonds. The van der Waals surface area contributed by atoms with Gasteiger partial charge in [-0.05, 0) is 30.8 Å². The van der Waals surface area contributed by atoms with Gasteiger partial charge in [0.05, 0.1) is 5.02 Å². The minimum absolute atomic E-state index is 0.269. The molecule has 0 saturated carbocycles. The first-order chi connectivity index (χ1) is 8.67. The second-order valence-corrected chi connectivity index (χ2v) is 4.84. The summed E-state index contributed by atoms with van der Waals surface area (Å²) in [4.78, 5) is 23.1. The lowest BCUT2D eigenvalue weighted by Crippen LogP contribution is -2.16. The van der Waals surface area contributed by atoms with Gasteiger partial charge in [-0.3, -0.25) is 9.36 Å². The minimum atomic E-state index is -0.269. The Morgan fingerprint density at radius 3 is 3.00 bits per heavy atom. The summed E-state index contributed by atoms with van der Waals surface area (Å²) in [6.07, 6.45) is 0.700. The molecule has 1 aromatic carbocycles. The van der Waals surface area contributed by atoms with E-state index in [-0.39, 0.29) is 5.69 Å². The Morgan fingerprint density at radius 2 is 2.33 bits per heavy atom. The molecule has 0 spiro atoms. The van der Waals surface area contributed by atoms with Crippen molar-refractivity contribution >= 4 is 29.6 Å². The SMILES string of the molecule is CCn1c(Sc2cccc(Cl)c2C=O)n[nH]c1=O. The summed E-state index contributed by atoms with van der Waals surface area (Å²) >= 11 is 7.16. The topological polar surface area (TPSA) is 67.8 Å². The monoisotopic (exact) mass is 283 g/mol. The number of aromatic nitrogens is 3. The number of hydrogen-bond donors (Lipinski definition) is 1. The summed E-state index contributed by atoms with van der Waals surface area (Å²) in [6, 6.07) is 5.16. The molecule has 0 aliphatic heterocycles. The maximum Gasteiger partial charge on any atom is 0.343 e. The van der Waals surface area contributed by atoms with Gasteiger partial charge in [0.15, 0.2) is 11.4 Å². The average molecular weight is 284 g/mol. The summed E-state index contributed by atoms with van der Waals surface area (Å²) in [5.74, 6) is 0. The maximum absolute atomic E-state index is 11.4. The first-order valence-electron chi connectivity index (χ1n) is 5.24. The number of nitrogens with one attached hydrogen (secondary N) is 1. The van der Waals surface area contributed by atoms with Crippen LogP contribution in [0.4, 0.5) is 0 Å². The fourth-order valence-corrected chi connectivity index (χ4v) is 2.78. The number of hydrogen-bond acceptors (Lipinski definition) is 4. The van der Waals surface area contributed by atoms with Crippen LogP contribution in [0.2, 0.25) is 5.02 Å². The molecule has 0 fully saturated rings. The highest BCUT2D eigenvalue weighted by Gasteiger charge is 2.12. The summed E-state index contributed by atoms with van der Waals surface area (Å²) in [5, 5.41) is 7.18. The largest absolute Gasteiger partial charge is 0.343 e. The molecular formula is C11H10ClN3O2S. The molecule has 1 N–H and O–H groups in total. The smallest absolute Gasteiger partial charge is 0.298 e. The van der Waals surface area contributed by atoms with Crippen LogP contribution in [0.3, 0.4) is 0 Å². The van der Waals surface area contributed by atoms with Crippen LogP contribution >= 0.6 is 23.4 Å². The highest BCUT2D eigenvalue weighted by molar-refractivity contribution is 7.99. The Balaban J connectivity index is 2.43. The molecule has 0 radical (unpaired) electrons. The normalized spacial score (nSPS) is 10.6. The molecule has 2 rings (SSSR count). The van der Waals surface area contributed by atoms with Crippen molar-refractivity contribution in [2.45, 2.75) is 23.5 Å². The molecule has 18 heavy (non-hydrogen) atoms. The first-order valence-corrected chi connectivity index (χ1v) is 6.43. The second-order valence-electron chi connectivity index (χ2n) is 3.43. The standard InChI is InChI=1S/C11H10ClN3O2S/c1-2-15-10(17)13-14-11(15)18-9-5-3-4-8(12)7(9)6-16/h3-6H,2H2,1H3,(H,13,17). The Kier molecular flexibility index (Phi) is 3.88. The molecule has 0 saturated heterocycles. The van der Waals surface area contributed by atoms with E-state index in [2.05, 4.69) is 10.2 Å². The van der Waals surface area contributed by atoms with E-state index in [0.717, 1.165) is 0 Å². The van der Waals surface area contributed by atoms with E-state index < -0.39 is 0 Å². The van der Waals surface area contributed by atoms with Gasteiger partial charge in [0.25, 0.3) is 0 Å². The molecule has 0 atom stereocenters. The highest BCUT2D eigenvalue weighted by Crippen LogP contribution is 2.31. The lowest BCUT2D eigenvalue weighted by Gasteiger charge is -2.05. The number of aromatic amines is 1. The third-order valence-corrected chi connectivity index (χ3v) is 3.77. The van der Waals surface area contributed by atoms with E-state index >= 15 is 0 Å². The summed E-state index contributed by atoms with van der Waals surface area (Å²) in [7, 11) is 0. The van der Waals surface area contributed by atoms with Crippen molar-refractivity contribution in [3.8, 4) is 0 Å². The zero-order valence-corrected chi connectivity index (χ0v) is 11.1. The number of rotatable bonds is 4. The zero-order chi connectivity index (χ0) is 13.1. The lowest BCUT2D eigenvalue weighted by molar-refractivity contribution is 0.112. The van der Waals surface area contributed by atoms with Gasteiger partial charge in [-0.15, -0.1) is 5.10 Å². The fourth-order valence-electron chi connectivity index (χ4n) is 1.48. The van der Waals surface area contributed by atoms with Gasteiger partial charge in [-0.25, -0.2) is 9.89 Å². The van der Waals surface area contributed by atoms with Crippen molar-refractivity contribution in [3.05, 3.63) is 39.3 Å². The Morgan fingerprint density at radius 1 is 1.56 bits per heavy atom. The molecule has 0 aliphatic rings. The van der Waals surface area contributed by atoms with E-state index in [1.54, 1.807) is 18.2 Å². The van der Waals surface area contributed by atoms with Crippen LogP contribution in [0, 0.1) is 0 Å². The van der Waals surface area contributed by atoms with Crippen molar-refractivity contribution in [1.82, 2.24) is 14.8 Å². The van der Waals surface area contributed by atoms with Gasteiger partial charge in [0.1, 0.15) is 0 Å². The molecular weight excluding hydrogens is 274 g/mol. The number of nitrogens with zero attached hydrogens (tertiary/aromatic N) is 2. The quantitative estimate of drug-likeness (QED) is 0.874. The van der Waals surface area contributed by atoms with Crippen molar-refractivity contribution in [3.63, 3.8) is 0 Å². The number of halogens is 1. The van der Waals surface area contributed by atoms with Gasteiger partial charge >= 0.3 is 5.69 Å². The van der Waals surface area contributed by atoms with Crippen LogP contribution in [-0.4, -0.2) is 21.1 Å². The van der Waals surface area contributed by atoms with E-state index in [1.807, 2.05) is 6.92 Å². The van der Waals surface area contributed by atoms with Crippen molar-refractivity contribution in [2.24, 2.45) is 0 Å². The fraction of sp³-hybridized carbons (Fsp3) is 0.182. The molecule has 0 unspecified atom stereocenters. The lowest BCUT2D eigenvalue weighted by atomic mass is 10.2. The van der Waals surface area contributed by atoms with Crippen LogP contribution in [0.25, 0.3) is 0 Å². The molecule has 0 bridgehead atoms. The third-order valence-electron chi connectivity index (χ3n) is 2.37. The Bertz CT molecular complexity index is 635. The average Bonchev–Trinajstić information content (AvgIpc) is 2.70. The summed E-state index contributed by atoms with van der Waals surface area (Å²) < 4.78 is 1.49. The van der Waals surface area contributed by atoms with Gasteiger partial charge in [-0.1, -0.05) is 17.7 Å². The number of H-pyrrole nitrogens is 1. The zero-order valence-electron chi connectivity index (χ0n) is 9.51. The van der Waals surface area contributed by atoms with Crippen LogP contribution < -0.4 is 5.69 Å². The molecule has 1 aromatic heterocycles. The number of benzene rings is 1. The summed E-state index contributed by atoms with van der Waals surface area (Å²) in [5.41, 5.74) is 0.136.